The van der Waals surface area contributed by atoms with E-state index >= 15 is 0 Å². The summed E-state index contributed by atoms with van der Waals surface area (Å²) in [6.07, 6.45) is 2.70. The summed E-state index contributed by atoms with van der Waals surface area (Å²) >= 11 is 0. The van der Waals surface area contributed by atoms with Gasteiger partial charge in [0.25, 0.3) is 5.56 Å². The number of rotatable bonds is 6. The molecule has 0 bridgehead atoms. The molecule has 0 spiro atoms. The highest BCUT2D eigenvalue weighted by molar-refractivity contribution is 5.81. The van der Waals surface area contributed by atoms with Gasteiger partial charge in [-0.3, -0.25) is 14.2 Å². The number of pyridine rings is 1. The van der Waals surface area contributed by atoms with Crippen molar-refractivity contribution in [2.75, 3.05) is 11.1 Å². The summed E-state index contributed by atoms with van der Waals surface area (Å²) in [4.78, 5) is 34.6. The van der Waals surface area contributed by atoms with E-state index in [4.69, 9.17) is 5.73 Å². The molecule has 1 amide bonds. The van der Waals surface area contributed by atoms with E-state index < -0.39 is 6.04 Å². The van der Waals surface area contributed by atoms with E-state index in [1.165, 1.54) is 4.57 Å². The van der Waals surface area contributed by atoms with Crippen molar-refractivity contribution in [1.82, 2.24) is 19.9 Å². The van der Waals surface area contributed by atoms with E-state index in [1.807, 2.05) is 38.1 Å². The second kappa shape index (κ2) is 8.59. The number of aryl methyl sites for hydroxylation is 3. The molecule has 3 heterocycles. The smallest absolute Gasteiger partial charge is 0.277 e. The number of carbonyl (C=O) groups excluding carboxylic acids is 1. The van der Waals surface area contributed by atoms with E-state index in [9.17, 15) is 9.59 Å². The van der Waals surface area contributed by atoms with Crippen LogP contribution in [0.5, 0.6) is 0 Å². The molecule has 31 heavy (non-hydrogen) atoms. The van der Waals surface area contributed by atoms with Gasteiger partial charge in [0, 0.05) is 25.2 Å². The van der Waals surface area contributed by atoms with Crippen molar-refractivity contribution in [2.24, 2.45) is 0 Å². The zero-order valence-electron chi connectivity index (χ0n) is 17.7. The van der Waals surface area contributed by atoms with Crippen LogP contribution in [0.2, 0.25) is 0 Å². The van der Waals surface area contributed by atoms with Gasteiger partial charge in [0.2, 0.25) is 5.91 Å². The fourth-order valence-corrected chi connectivity index (χ4v) is 3.89. The Morgan fingerprint density at radius 2 is 2.06 bits per heavy atom. The molecule has 1 atom stereocenters. The predicted molar refractivity (Wildman–Crippen MR) is 120 cm³/mol. The number of nitrogens with zero attached hydrogens (tertiary/aromatic N) is 3. The van der Waals surface area contributed by atoms with Crippen LogP contribution in [0, 0.1) is 13.8 Å². The number of anilines is 2. The number of hydrogen-bond acceptors (Lipinski definition) is 6. The largest absolute Gasteiger partial charge is 0.384 e. The van der Waals surface area contributed by atoms with Gasteiger partial charge in [-0.05, 0) is 37.5 Å². The average molecular weight is 419 g/mol. The first-order valence-corrected chi connectivity index (χ1v) is 10.3. The Labute approximate surface area is 180 Å². The molecular formula is C23H26N6O2. The molecule has 8 nitrogen and oxygen atoms in total. The maximum Gasteiger partial charge on any atom is 0.277 e. The van der Waals surface area contributed by atoms with Crippen LogP contribution in [0.1, 0.15) is 40.7 Å². The summed E-state index contributed by atoms with van der Waals surface area (Å²) in [7, 11) is 0. The van der Waals surface area contributed by atoms with Crippen LogP contribution in [0.3, 0.4) is 0 Å². The van der Waals surface area contributed by atoms with Crippen LogP contribution in [-0.4, -0.2) is 20.4 Å². The first-order valence-electron chi connectivity index (χ1n) is 10.3. The van der Waals surface area contributed by atoms with E-state index in [0.717, 1.165) is 22.4 Å². The van der Waals surface area contributed by atoms with Gasteiger partial charge < -0.3 is 16.4 Å². The van der Waals surface area contributed by atoms with Crippen molar-refractivity contribution >= 4 is 17.4 Å². The van der Waals surface area contributed by atoms with E-state index in [2.05, 4.69) is 26.7 Å². The SMILES string of the molecule is Cc1cccc(CNc2cnc3n(c2=O)C(C(=O)NCc2ccc(N)nc2C)CC3)c1. The Bertz CT molecular complexity index is 1190. The van der Waals surface area contributed by atoms with Gasteiger partial charge in [0.05, 0.1) is 6.20 Å². The molecule has 1 aromatic carbocycles. The van der Waals surface area contributed by atoms with Gasteiger partial charge in [-0.1, -0.05) is 35.9 Å². The minimum absolute atomic E-state index is 0.199. The highest BCUT2D eigenvalue weighted by Gasteiger charge is 2.31. The molecule has 160 valence electrons. The second-order valence-electron chi connectivity index (χ2n) is 7.86. The molecule has 4 N–H and O–H groups in total. The van der Waals surface area contributed by atoms with Gasteiger partial charge >= 0.3 is 0 Å². The summed E-state index contributed by atoms with van der Waals surface area (Å²) in [5, 5.41) is 6.09. The molecule has 0 saturated carbocycles. The summed E-state index contributed by atoms with van der Waals surface area (Å²) in [5.74, 6) is 0.881. The van der Waals surface area contributed by atoms with Gasteiger partial charge in [-0.25, -0.2) is 9.97 Å². The lowest BCUT2D eigenvalue weighted by molar-refractivity contribution is -0.124. The molecule has 0 aliphatic carbocycles. The van der Waals surface area contributed by atoms with Gasteiger partial charge in [0.15, 0.2) is 0 Å². The third kappa shape index (κ3) is 4.42. The number of nitrogens with one attached hydrogen (secondary N) is 2. The molecule has 1 aliphatic heterocycles. The van der Waals surface area contributed by atoms with Gasteiger partial charge in [-0.2, -0.15) is 0 Å². The van der Waals surface area contributed by atoms with Crippen molar-refractivity contribution in [2.45, 2.75) is 45.8 Å². The van der Waals surface area contributed by atoms with Crippen molar-refractivity contribution in [3.63, 3.8) is 0 Å². The van der Waals surface area contributed by atoms with Gasteiger partial charge in [-0.15, -0.1) is 0 Å². The van der Waals surface area contributed by atoms with Crippen LogP contribution < -0.4 is 21.9 Å². The third-order valence-corrected chi connectivity index (χ3v) is 5.56. The number of carbonyl (C=O) groups is 1. The number of benzene rings is 1. The predicted octanol–water partition coefficient (Wildman–Crippen LogP) is 2.25. The minimum atomic E-state index is -0.572. The van der Waals surface area contributed by atoms with Crippen LogP contribution in [-0.2, 0) is 24.3 Å². The van der Waals surface area contributed by atoms with E-state index in [0.29, 0.717) is 43.3 Å². The molecule has 0 saturated heterocycles. The lowest BCUT2D eigenvalue weighted by atomic mass is 10.1. The van der Waals surface area contributed by atoms with Crippen molar-refractivity contribution < 1.29 is 4.79 Å². The highest BCUT2D eigenvalue weighted by Crippen LogP contribution is 2.23. The summed E-state index contributed by atoms with van der Waals surface area (Å²) in [5.41, 5.74) is 9.75. The molecule has 3 aromatic rings. The van der Waals surface area contributed by atoms with Crippen molar-refractivity contribution in [3.05, 3.63) is 81.2 Å². The third-order valence-electron chi connectivity index (χ3n) is 5.56. The first-order chi connectivity index (χ1) is 14.9. The molecule has 8 heteroatoms. The van der Waals surface area contributed by atoms with E-state index in [1.54, 1.807) is 12.3 Å². The number of nitrogens with two attached hydrogens (primary N) is 1. The summed E-state index contributed by atoms with van der Waals surface area (Å²) in [6, 6.07) is 11.1. The van der Waals surface area contributed by atoms with E-state index in [-0.39, 0.29) is 11.5 Å². The Kier molecular flexibility index (Phi) is 5.70. The first kappa shape index (κ1) is 20.6. The lowest BCUT2D eigenvalue weighted by Gasteiger charge is -2.16. The monoisotopic (exact) mass is 418 g/mol. The van der Waals surface area contributed by atoms with Crippen LogP contribution in [0.25, 0.3) is 0 Å². The summed E-state index contributed by atoms with van der Waals surface area (Å²) < 4.78 is 1.52. The van der Waals surface area contributed by atoms with Crippen molar-refractivity contribution in [1.29, 1.82) is 0 Å². The average Bonchev–Trinajstić information content (AvgIpc) is 3.18. The molecule has 1 aliphatic rings. The molecule has 0 fully saturated rings. The summed E-state index contributed by atoms with van der Waals surface area (Å²) in [6.45, 7) is 4.72. The topological polar surface area (TPSA) is 115 Å². The Balaban J connectivity index is 1.48. The quantitative estimate of drug-likeness (QED) is 0.566. The molecule has 4 rings (SSSR count). The number of aromatic nitrogens is 3. The standard InChI is InChI=1S/C23H26N6O2/c1-14-4-3-5-16(10-14)11-25-18-13-26-21-9-7-19(29(21)23(18)31)22(30)27-12-17-6-8-20(24)28-15(17)2/h3-6,8,10,13,19,25H,7,9,11-12H2,1-2H3,(H2,24,28)(H,27,30). The number of nitrogen functional groups attached to an aromatic ring is 1. The molecule has 0 radical (unpaired) electrons. The zero-order chi connectivity index (χ0) is 22.0. The number of fused-ring (bicyclic) bond motifs is 1. The molecular weight excluding hydrogens is 392 g/mol. The number of amides is 1. The zero-order valence-corrected chi connectivity index (χ0v) is 17.7. The second-order valence-corrected chi connectivity index (χ2v) is 7.86. The molecule has 2 aromatic heterocycles. The Morgan fingerprint density at radius 1 is 1.23 bits per heavy atom. The fraction of sp³-hybridized carbons (Fsp3) is 0.304. The Hall–Kier alpha value is -3.68. The van der Waals surface area contributed by atoms with Crippen LogP contribution >= 0.6 is 0 Å². The maximum absolute atomic E-state index is 13.1. The Morgan fingerprint density at radius 3 is 2.84 bits per heavy atom. The van der Waals surface area contributed by atoms with Crippen LogP contribution in [0.4, 0.5) is 11.5 Å². The molecule has 1 unspecified atom stereocenters. The highest BCUT2D eigenvalue weighted by atomic mass is 16.2. The lowest BCUT2D eigenvalue weighted by Crippen LogP contribution is -2.36. The van der Waals surface area contributed by atoms with Gasteiger partial charge in [0.1, 0.15) is 23.4 Å². The van der Waals surface area contributed by atoms with Crippen molar-refractivity contribution in [3.8, 4) is 0 Å². The maximum atomic E-state index is 13.1. The minimum Gasteiger partial charge on any atom is -0.384 e. The fourth-order valence-electron chi connectivity index (χ4n) is 3.89. The number of hydrogen-bond donors (Lipinski definition) is 3. The normalized spacial score (nSPS) is 14.8. The van der Waals surface area contributed by atoms with Crippen LogP contribution in [0.15, 0.2) is 47.4 Å².